The Morgan fingerprint density at radius 2 is 1.82 bits per heavy atom. The van der Waals surface area contributed by atoms with E-state index in [1.54, 1.807) is 19.2 Å². The van der Waals surface area contributed by atoms with Crippen LogP contribution in [0.1, 0.15) is 66.9 Å². The Kier molecular flexibility index (Phi) is 7.76. The zero-order valence-electron chi connectivity index (χ0n) is 19.5. The van der Waals surface area contributed by atoms with Crippen molar-refractivity contribution in [1.29, 1.82) is 0 Å². The van der Waals surface area contributed by atoms with Crippen LogP contribution in [0.2, 0.25) is 0 Å². The molecule has 1 saturated heterocycles. The molecule has 1 aromatic heterocycles. The van der Waals surface area contributed by atoms with E-state index in [0.717, 1.165) is 51.6 Å². The number of anilines is 1. The van der Waals surface area contributed by atoms with Gasteiger partial charge in [0.15, 0.2) is 5.78 Å². The van der Waals surface area contributed by atoms with Gasteiger partial charge < -0.3 is 15.3 Å². The van der Waals surface area contributed by atoms with E-state index in [4.69, 9.17) is 0 Å². The molecule has 2 aliphatic rings. The summed E-state index contributed by atoms with van der Waals surface area (Å²) in [5.74, 6) is 1.46. The van der Waals surface area contributed by atoms with Crippen molar-refractivity contribution < 1.29 is 14.7 Å². The fraction of sp³-hybridized carbons (Fsp3) is 0.519. The number of amides is 1. The van der Waals surface area contributed by atoms with Gasteiger partial charge in [-0.25, -0.2) is 4.98 Å². The summed E-state index contributed by atoms with van der Waals surface area (Å²) in [5, 5.41) is 13.9. The highest BCUT2D eigenvalue weighted by Gasteiger charge is 2.23. The quantitative estimate of drug-likeness (QED) is 0.565. The van der Waals surface area contributed by atoms with E-state index in [0.29, 0.717) is 30.1 Å². The molecule has 1 aromatic carbocycles. The van der Waals surface area contributed by atoms with Crippen molar-refractivity contribution in [3.05, 3.63) is 59.3 Å². The molecule has 0 unspecified atom stereocenters. The molecule has 4 rings (SSSR count). The molecule has 1 fully saturated rings. The number of likely N-dealkylation sites (tertiary alicyclic amines) is 1. The Morgan fingerprint density at radius 1 is 1.12 bits per heavy atom. The van der Waals surface area contributed by atoms with Crippen molar-refractivity contribution in [3.8, 4) is 0 Å². The number of piperidine rings is 1. The van der Waals surface area contributed by atoms with Crippen LogP contribution in [0, 0.1) is 5.92 Å². The molecule has 6 nitrogen and oxygen atoms in total. The molecule has 0 spiro atoms. The molecule has 1 atom stereocenters. The number of hydrogen-bond donors (Lipinski definition) is 2. The third-order valence-corrected chi connectivity index (χ3v) is 7.12. The predicted octanol–water partition coefficient (Wildman–Crippen LogP) is 4.02. The summed E-state index contributed by atoms with van der Waals surface area (Å²) < 4.78 is 0. The highest BCUT2D eigenvalue weighted by atomic mass is 16.3. The van der Waals surface area contributed by atoms with Crippen LogP contribution >= 0.6 is 0 Å². The summed E-state index contributed by atoms with van der Waals surface area (Å²) in [6.45, 7) is 3.10. The van der Waals surface area contributed by atoms with Crippen LogP contribution in [-0.2, 0) is 17.6 Å². The van der Waals surface area contributed by atoms with E-state index < -0.39 is 6.10 Å². The number of ketones is 1. The summed E-state index contributed by atoms with van der Waals surface area (Å²) >= 11 is 0. The van der Waals surface area contributed by atoms with Gasteiger partial charge in [-0.3, -0.25) is 9.59 Å². The Hall–Kier alpha value is -2.73. The lowest BCUT2D eigenvalue weighted by atomic mass is 9.95. The average Bonchev–Trinajstić information content (AvgIpc) is 3.25. The highest BCUT2D eigenvalue weighted by molar-refractivity contribution is 5.96. The lowest BCUT2D eigenvalue weighted by molar-refractivity contribution is -0.129. The lowest BCUT2D eigenvalue weighted by Crippen LogP contribution is -2.41. The normalized spacial score (nSPS) is 17.6. The molecule has 176 valence electrons. The Bertz CT molecular complexity index is 944. The SMILES string of the molecule is CC(=O)N1CCC(Nc2cc(C(=O)CC[C@@H](O)CCC3Cc4ccccc4C3)ccn2)CC1. The largest absolute Gasteiger partial charge is 0.393 e. The van der Waals surface area contributed by atoms with Crippen molar-refractivity contribution in [2.45, 2.75) is 70.4 Å². The number of aliphatic hydroxyl groups excluding tert-OH is 1. The second kappa shape index (κ2) is 10.9. The third kappa shape index (κ3) is 6.41. The number of nitrogens with one attached hydrogen (secondary N) is 1. The highest BCUT2D eigenvalue weighted by Crippen LogP contribution is 2.30. The molecule has 1 amide bonds. The van der Waals surface area contributed by atoms with Crippen LogP contribution in [0.15, 0.2) is 42.6 Å². The summed E-state index contributed by atoms with van der Waals surface area (Å²) in [7, 11) is 0. The first-order chi connectivity index (χ1) is 16.0. The molecular formula is C27H35N3O3. The molecule has 2 aromatic rings. The second-order valence-corrected chi connectivity index (χ2v) is 9.59. The number of Topliss-reactive ketones (excluding diaryl/α,β-unsaturated/α-hetero) is 1. The van der Waals surface area contributed by atoms with Gasteiger partial charge in [0.2, 0.25) is 5.91 Å². The minimum atomic E-state index is -0.441. The molecule has 6 heteroatoms. The van der Waals surface area contributed by atoms with Gasteiger partial charge in [0, 0.05) is 44.2 Å². The molecule has 0 saturated carbocycles. The van der Waals surface area contributed by atoms with E-state index >= 15 is 0 Å². The number of carbonyl (C=O) groups is 2. The first-order valence-electron chi connectivity index (χ1n) is 12.2. The number of hydrogen-bond acceptors (Lipinski definition) is 5. The third-order valence-electron chi connectivity index (χ3n) is 7.12. The predicted molar refractivity (Wildman–Crippen MR) is 129 cm³/mol. The van der Waals surface area contributed by atoms with Crippen molar-refractivity contribution >= 4 is 17.5 Å². The molecular weight excluding hydrogens is 414 g/mol. The van der Waals surface area contributed by atoms with E-state index in [1.165, 1.54) is 11.1 Å². The maximum atomic E-state index is 12.7. The summed E-state index contributed by atoms with van der Waals surface area (Å²) in [6.07, 6.45) is 7.74. The fourth-order valence-electron chi connectivity index (χ4n) is 5.10. The molecule has 1 aliphatic heterocycles. The number of benzene rings is 1. The number of pyridine rings is 1. The Balaban J connectivity index is 1.19. The van der Waals surface area contributed by atoms with Crippen LogP contribution in [0.5, 0.6) is 0 Å². The van der Waals surface area contributed by atoms with E-state index in [-0.39, 0.29) is 17.7 Å². The number of aromatic nitrogens is 1. The van der Waals surface area contributed by atoms with E-state index in [2.05, 4.69) is 34.6 Å². The second-order valence-electron chi connectivity index (χ2n) is 9.59. The van der Waals surface area contributed by atoms with E-state index in [1.807, 2.05) is 11.0 Å². The van der Waals surface area contributed by atoms with Gasteiger partial charge in [0.1, 0.15) is 5.82 Å². The molecule has 1 aliphatic carbocycles. The van der Waals surface area contributed by atoms with Gasteiger partial charge in [-0.05, 0) is 74.1 Å². The van der Waals surface area contributed by atoms with Gasteiger partial charge in [-0.2, -0.15) is 0 Å². The number of carbonyl (C=O) groups excluding carboxylic acids is 2. The van der Waals surface area contributed by atoms with Crippen molar-refractivity contribution in [2.24, 2.45) is 5.92 Å². The lowest BCUT2D eigenvalue weighted by Gasteiger charge is -2.32. The summed E-state index contributed by atoms with van der Waals surface area (Å²) in [6, 6.07) is 12.4. The van der Waals surface area contributed by atoms with Gasteiger partial charge >= 0.3 is 0 Å². The Morgan fingerprint density at radius 3 is 2.48 bits per heavy atom. The van der Waals surface area contributed by atoms with Crippen molar-refractivity contribution in [2.75, 3.05) is 18.4 Å². The smallest absolute Gasteiger partial charge is 0.219 e. The molecule has 2 N–H and O–H groups in total. The molecule has 2 heterocycles. The monoisotopic (exact) mass is 449 g/mol. The van der Waals surface area contributed by atoms with Crippen LogP contribution in [0.4, 0.5) is 5.82 Å². The minimum Gasteiger partial charge on any atom is -0.393 e. The fourth-order valence-corrected chi connectivity index (χ4v) is 5.10. The van der Waals surface area contributed by atoms with Crippen molar-refractivity contribution in [3.63, 3.8) is 0 Å². The van der Waals surface area contributed by atoms with Crippen LogP contribution < -0.4 is 5.32 Å². The van der Waals surface area contributed by atoms with Crippen LogP contribution in [0.3, 0.4) is 0 Å². The summed E-state index contributed by atoms with van der Waals surface area (Å²) in [5.41, 5.74) is 3.52. The molecule has 0 bridgehead atoms. The zero-order chi connectivity index (χ0) is 23.2. The number of fused-ring (bicyclic) bond motifs is 1. The van der Waals surface area contributed by atoms with Crippen LogP contribution in [-0.4, -0.2) is 51.9 Å². The standard InChI is InChI=1S/C27H35N3O3/c1-19(31)30-14-11-24(12-15-30)29-27-18-23(10-13-28-27)26(33)9-8-25(32)7-6-20-16-21-4-2-3-5-22(21)17-20/h2-5,10,13,18,20,24-25,32H,6-9,11-12,14-17H2,1H3,(H,28,29)/t25-/m0/s1. The topological polar surface area (TPSA) is 82.5 Å². The first-order valence-corrected chi connectivity index (χ1v) is 12.2. The molecule has 0 radical (unpaired) electrons. The number of nitrogens with zero attached hydrogens (tertiary/aromatic N) is 2. The van der Waals surface area contributed by atoms with Gasteiger partial charge in [0.05, 0.1) is 6.10 Å². The maximum Gasteiger partial charge on any atom is 0.219 e. The first kappa shape index (κ1) is 23.4. The van der Waals surface area contributed by atoms with Crippen molar-refractivity contribution in [1.82, 2.24) is 9.88 Å². The maximum absolute atomic E-state index is 12.7. The minimum absolute atomic E-state index is 0.0409. The van der Waals surface area contributed by atoms with Gasteiger partial charge in [0.25, 0.3) is 0 Å². The average molecular weight is 450 g/mol. The van der Waals surface area contributed by atoms with E-state index in [9.17, 15) is 14.7 Å². The van der Waals surface area contributed by atoms with Gasteiger partial charge in [-0.1, -0.05) is 24.3 Å². The number of rotatable bonds is 9. The summed E-state index contributed by atoms with van der Waals surface area (Å²) in [4.78, 5) is 30.4. The Labute approximate surface area is 196 Å². The number of aliphatic hydroxyl groups is 1. The van der Waals surface area contributed by atoms with Crippen LogP contribution in [0.25, 0.3) is 0 Å². The molecule has 33 heavy (non-hydrogen) atoms. The zero-order valence-corrected chi connectivity index (χ0v) is 19.5. The van der Waals surface area contributed by atoms with Gasteiger partial charge in [-0.15, -0.1) is 0 Å².